The van der Waals surface area contributed by atoms with Crippen LogP contribution in [0.4, 0.5) is 5.69 Å². The van der Waals surface area contributed by atoms with Crippen LogP contribution in [-0.2, 0) is 0 Å². The number of thiocarbonyl (C=S) groups is 1. The zero-order valence-electron chi connectivity index (χ0n) is 12.5. The second kappa shape index (κ2) is 8.62. The molecule has 1 aromatic carbocycles. The van der Waals surface area contributed by atoms with Crippen molar-refractivity contribution in [3.63, 3.8) is 0 Å². The van der Waals surface area contributed by atoms with Crippen LogP contribution < -0.4 is 15.5 Å². The Hall–Kier alpha value is -1.62. The lowest BCUT2D eigenvalue weighted by Gasteiger charge is -2.12. The zero-order valence-corrected chi connectivity index (χ0v) is 13.3. The fraction of sp³-hybridized carbons (Fsp3) is 0.500. The van der Waals surface area contributed by atoms with Crippen LogP contribution in [0.15, 0.2) is 29.4 Å². The van der Waals surface area contributed by atoms with Gasteiger partial charge in [0.25, 0.3) is 0 Å². The third-order valence-electron chi connectivity index (χ3n) is 3.59. The van der Waals surface area contributed by atoms with Gasteiger partial charge in [0.05, 0.1) is 7.11 Å². The molecular formula is C16H23N3OS. The fourth-order valence-corrected chi connectivity index (χ4v) is 2.55. The number of hydrogen-bond donors (Lipinski definition) is 2. The summed E-state index contributed by atoms with van der Waals surface area (Å²) in [6.07, 6.45) is 8.62. The number of ether oxygens (including phenoxy) is 1. The molecule has 1 saturated carbocycles. The molecule has 0 saturated heterocycles. The molecule has 1 aromatic rings. The summed E-state index contributed by atoms with van der Waals surface area (Å²) in [7, 11) is 1.65. The van der Waals surface area contributed by atoms with E-state index in [1.807, 2.05) is 24.3 Å². The number of anilines is 1. The molecule has 5 heteroatoms. The van der Waals surface area contributed by atoms with Gasteiger partial charge in [-0.1, -0.05) is 19.3 Å². The smallest absolute Gasteiger partial charge is 0.191 e. The molecule has 4 nitrogen and oxygen atoms in total. The van der Waals surface area contributed by atoms with Crippen molar-refractivity contribution in [3.05, 3.63) is 24.3 Å². The van der Waals surface area contributed by atoms with E-state index >= 15 is 0 Å². The van der Waals surface area contributed by atoms with Gasteiger partial charge in [-0.15, -0.1) is 0 Å². The van der Waals surface area contributed by atoms with Crippen molar-refractivity contribution in [2.24, 2.45) is 5.10 Å². The van der Waals surface area contributed by atoms with Crippen molar-refractivity contribution in [2.45, 2.75) is 44.9 Å². The first-order chi connectivity index (χ1) is 10.3. The Morgan fingerprint density at radius 2 is 1.67 bits per heavy atom. The van der Waals surface area contributed by atoms with Gasteiger partial charge in [-0.2, -0.15) is 5.10 Å². The molecule has 2 N–H and O–H groups in total. The summed E-state index contributed by atoms with van der Waals surface area (Å²) in [5.74, 6) is 0.828. The van der Waals surface area contributed by atoms with E-state index in [-0.39, 0.29) is 0 Å². The number of nitrogens with zero attached hydrogens (tertiary/aromatic N) is 1. The van der Waals surface area contributed by atoms with Crippen LogP contribution in [0.5, 0.6) is 5.75 Å². The van der Waals surface area contributed by atoms with Gasteiger partial charge in [0.15, 0.2) is 5.11 Å². The topological polar surface area (TPSA) is 45.6 Å². The third-order valence-corrected chi connectivity index (χ3v) is 3.79. The summed E-state index contributed by atoms with van der Waals surface area (Å²) in [5, 5.41) is 8.09. The average molecular weight is 305 g/mol. The van der Waals surface area contributed by atoms with Crippen LogP contribution in [-0.4, -0.2) is 17.9 Å². The summed E-state index contributed by atoms with van der Waals surface area (Å²) in [4.78, 5) is 0. The van der Waals surface area contributed by atoms with Gasteiger partial charge in [0.2, 0.25) is 0 Å². The number of benzene rings is 1. The van der Waals surface area contributed by atoms with Crippen LogP contribution in [0.3, 0.4) is 0 Å². The van der Waals surface area contributed by atoms with Gasteiger partial charge < -0.3 is 10.1 Å². The zero-order chi connectivity index (χ0) is 14.9. The Morgan fingerprint density at radius 1 is 1.05 bits per heavy atom. The van der Waals surface area contributed by atoms with Gasteiger partial charge in [0, 0.05) is 11.4 Å². The van der Waals surface area contributed by atoms with Gasteiger partial charge in [-0.3, -0.25) is 5.43 Å². The fourth-order valence-electron chi connectivity index (χ4n) is 2.39. The Balaban J connectivity index is 1.82. The largest absolute Gasteiger partial charge is 0.497 e. The van der Waals surface area contributed by atoms with E-state index in [1.54, 1.807) is 7.11 Å². The normalized spacial score (nSPS) is 15.6. The number of hydrogen-bond acceptors (Lipinski definition) is 3. The van der Waals surface area contributed by atoms with Crippen LogP contribution in [0.25, 0.3) is 0 Å². The minimum Gasteiger partial charge on any atom is -0.497 e. The molecule has 0 unspecified atom stereocenters. The summed E-state index contributed by atoms with van der Waals surface area (Å²) < 4.78 is 5.12. The molecule has 21 heavy (non-hydrogen) atoms. The minimum atomic E-state index is 0.523. The summed E-state index contributed by atoms with van der Waals surface area (Å²) >= 11 is 5.27. The maximum Gasteiger partial charge on any atom is 0.191 e. The lowest BCUT2D eigenvalue weighted by atomic mass is 9.99. The van der Waals surface area contributed by atoms with Gasteiger partial charge >= 0.3 is 0 Å². The summed E-state index contributed by atoms with van der Waals surface area (Å²) in [5.41, 5.74) is 5.11. The summed E-state index contributed by atoms with van der Waals surface area (Å²) in [6.45, 7) is 0. The van der Waals surface area contributed by atoms with Gasteiger partial charge in [-0.05, 0) is 62.2 Å². The maximum atomic E-state index is 5.27. The van der Waals surface area contributed by atoms with E-state index in [4.69, 9.17) is 17.0 Å². The molecule has 0 radical (unpaired) electrons. The highest BCUT2D eigenvalue weighted by Crippen LogP contribution is 2.16. The lowest BCUT2D eigenvalue weighted by Crippen LogP contribution is -2.25. The highest BCUT2D eigenvalue weighted by Gasteiger charge is 2.05. The van der Waals surface area contributed by atoms with E-state index in [1.165, 1.54) is 37.8 Å². The molecule has 1 aliphatic rings. The molecule has 0 heterocycles. The quantitative estimate of drug-likeness (QED) is 0.652. The van der Waals surface area contributed by atoms with E-state index in [0.29, 0.717) is 5.11 Å². The van der Waals surface area contributed by atoms with Crippen molar-refractivity contribution >= 4 is 28.7 Å². The maximum absolute atomic E-state index is 5.27. The van der Waals surface area contributed by atoms with Crippen molar-refractivity contribution in [3.8, 4) is 5.75 Å². The van der Waals surface area contributed by atoms with Crippen molar-refractivity contribution in [1.82, 2.24) is 5.43 Å². The monoisotopic (exact) mass is 305 g/mol. The highest BCUT2D eigenvalue weighted by atomic mass is 32.1. The minimum absolute atomic E-state index is 0.523. The number of hydrazone groups is 1. The Bertz CT molecular complexity index is 475. The molecule has 0 atom stereocenters. The highest BCUT2D eigenvalue weighted by molar-refractivity contribution is 7.80. The predicted molar refractivity (Wildman–Crippen MR) is 92.1 cm³/mol. The number of rotatable bonds is 3. The Labute approximate surface area is 132 Å². The third kappa shape index (κ3) is 5.71. The van der Waals surface area contributed by atoms with E-state index in [9.17, 15) is 0 Å². The predicted octanol–water partition coefficient (Wildman–Crippen LogP) is 4.08. The standard InChI is InChI=1S/C16H23N3OS/c1-20-15-11-9-13(10-12-15)17-16(21)19-18-14-7-5-3-2-4-6-8-14/h9-12H,2-8H2,1H3,(H2,17,19,21). The van der Waals surface area contributed by atoms with E-state index in [0.717, 1.165) is 24.3 Å². The second-order valence-corrected chi connectivity index (χ2v) is 5.65. The molecule has 2 rings (SSSR count). The molecule has 1 aliphatic carbocycles. The number of nitrogens with one attached hydrogen (secondary N) is 2. The molecule has 0 aliphatic heterocycles. The Kier molecular flexibility index (Phi) is 6.47. The van der Waals surface area contributed by atoms with Gasteiger partial charge in [-0.25, -0.2) is 0 Å². The van der Waals surface area contributed by atoms with Crippen molar-refractivity contribution < 1.29 is 4.74 Å². The second-order valence-electron chi connectivity index (χ2n) is 5.24. The molecule has 0 amide bonds. The van der Waals surface area contributed by atoms with Crippen LogP contribution >= 0.6 is 12.2 Å². The first kappa shape index (κ1) is 15.8. The van der Waals surface area contributed by atoms with Crippen LogP contribution in [0.2, 0.25) is 0 Å². The van der Waals surface area contributed by atoms with Crippen LogP contribution in [0, 0.1) is 0 Å². The molecule has 0 aromatic heterocycles. The molecule has 0 spiro atoms. The molecule has 114 valence electrons. The Morgan fingerprint density at radius 3 is 2.29 bits per heavy atom. The first-order valence-electron chi connectivity index (χ1n) is 7.54. The first-order valence-corrected chi connectivity index (χ1v) is 7.95. The van der Waals surface area contributed by atoms with E-state index in [2.05, 4.69) is 15.8 Å². The molecule has 1 fully saturated rings. The van der Waals surface area contributed by atoms with Crippen molar-refractivity contribution in [2.75, 3.05) is 12.4 Å². The molecular weight excluding hydrogens is 282 g/mol. The molecule has 0 bridgehead atoms. The number of methoxy groups -OCH3 is 1. The van der Waals surface area contributed by atoms with E-state index < -0.39 is 0 Å². The SMILES string of the molecule is COc1ccc(NC(=S)NN=C2CCCCCCC2)cc1. The van der Waals surface area contributed by atoms with Crippen LogP contribution in [0.1, 0.15) is 44.9 Å². The van der Waals surface area contributed by atoms with Gasteiger partial charge in [0.1, 0.15) is 5.75 Å². The van der Waals surface area contributed by atoms with Crippen molar-refractivity contribution in [1.29, 1.82) is 0 Å². The summed E-state index contributed by atoms with van der Waals surface area (Å²) in [6, 6.07) is 7.64. The lowest BCUT2D eigenvalue weighted by molar-refractivity contribution is 0.415. The average Bonchev–Trinajstić information content (AvgIpc) is 2.47.